The number of carbonyl (C=O) groups is 2. The van der Waals surface area contributed by atoms with Gasteiger partial charge in [0.2, 0.25) is 0 Å². The minimum atomic E-state index is -0.375. The number of hydrazine groups is 1. The van der Waals surface area contributed by atoms with Gasteiger partial charge in [0.15, 0.2) is 5.11 Å². The highest BCUT2D eigenvalue weighted by molar-refractivity contribution is 7.80. The number of carbonyl (C=O) groups excluding carboxylic acids is 2. The van der Waals surface area contributed by atoms with Crippen molar-refractivity contribution in [1.82, 2.24) is 15.8 Å². The molecule has 4 rings (SSSR count). The zero-order valence-corrected chi connectivity index (χ0v) is 15.4. The standard InChI is InChI=1S/C20H21N3O2S/c1-12-6-2-3-11-16(12)21-20(26)22-23-18(24)14-9-4-7-13-8-5-10-15(17(13)14)19(23)25/h4-5,7-10,12,16H,2-3,6,11H2,1H3,(H2,21,22,26)/t12-,16-/m0/s1. The molecule has 0 unspecified atom stereocenters. The molecule has 1 aliphatic carbocycles. The molecule has 134 valence electrons. The van der Waals surface area contributed by atoms with Gasteiger partial charge in [-0.25, -0.2) is 0 Å². The molecule has 0 radical (unpaired) electrons. The minimum Gasteiger partial charge on any atom is -0.358 e. The molecule has 1 saturated carbocycles. The first kappa shape index (κ1) is 17.0. The van der Waals surface area contributed by atoms with Crippen molar-refractivity contribution in [2.45, 2.75) is 38.6 Å². The zero-order chi connectivity index (χ0) is 18.3. The van der Waals surface area contributed by atoms with Crippen LogP contribution in [0.25, 0.3) is 10.8 Å². The van der Waals surface area contributed by atoms with Crippen molar-refractivity contribution >= 4 is 39.9 Å². The van der Waals surface area contributed by atoms with Crippen molar-refractivity contribution in [3.63, 3.8) is 0 Å². The predicted molar refractivity (Wildman–Crippen MR) is 105 cm³/mol. The maximum Gasteiger partial charge on any atom is 0.280 e. The van der Waals surface area contributed by atoms with Crippen molar-refractivity contribution in [2.75, 3.05) is 0 Å². The summed E-state index contributed by atoms with van der Waals surface area (Å²) < 4.78 is 0. The SMILES string of the molecule is C[C@H]1CCCC[C@@H]1NC(=S)NN1C(=O)c2cccc3cccc(c23)C1=O. The van der Waals surface area contributed by atoms with Crippen LogP contribution >= 0.6 is 12.2 Å². The van der Waals surface area contributed by atoms with Gasteiger partial charge in [-0.05, 0) is 48.5 Å². The molecule has 5 nitrogen and oxygen atoms in total. The lowest BCUT2D eigenvalue weighted by Gasteiger charge is -2.33. The Labute approximate surface area is 157 Å². The molecule has 26 heavy (non-hydrogen) atoms. The Morgan fingerprint density at radius 3 is 2.27 bits per heavy atom. The smallest absolute Gasteiger partial charge is 0.280 e. The van der Waals surface area contributed by atoms with Gasteiger partial charge in [-0.15, -0.1) is 0 Å². The first-order valence-electron chi connectivity index (χ1n) is 9.04. The molecule has 0 bridgehead atoms. The van der Waals surface area contributed by atoms with E-state index in [4.69, 9.17) is 12.2 Å². The van der Waals surface area contributed by atoms with Gasteiger partial charge in [0.1, 0.15) is 0 Å². The van der Waals surface area contributed by atoms with Crippen LogP contribution in [0.2, 0.25) is 0 Å². The maximum absolute atomic E-state index is 12.9. The highest BCUT2D eigenvalue weighted by Gasteiger charge is 2.34. The first-order valence-corrected chi connectivity index (χ1v) is 9.45. The van der Waals surface area contributed by atoms with Crippen LogP contribution in [0.4, 0.5) is 0 Å². The zero-order valence-electron chi connectivity index (χ0n) is 14.6. The second-order valence-corrected chi connectivity index (χ2v) is 7.52. The monoisotopic (exact) mass is 367 g/mol. The van der Waals surface area contributed by atoms with Crippen molar-refractivity contribution in [1.29, 1.82) is 0 Å². The fourth-order valence-electron chi connectivity index (χ4n) is 3.97. The number of nitrogens with one attached hydrogen (secondary N) is 2. The molecular weight excluding hydrogens is 346 g/mol. The highest BCUT2D eigenvalue weighted by atomic mass is 32.1. The molecule has 1 heterocycles. The Hall–Kier alpha value is -2.47. The lowest BCUT2D eigenvalue weighted by atomic mass is 9.86. The quantitative estimate of drug-likeness (QED) is 0.629. The van der Waals surface area contributed by atoms with E-state index in [1.165, 1.54) is 12.8 Å². The van der Waals surface area contributed by atoms with Crippen molar-refractivity contribution in [3.05, 3.63) is 47.5 Å². The molecule has 1 fully saturated rings. The van der Waals surface area contributed by atoms with Crippen LogP contribution in [-0.2, 0) is 0 Å². The molecule has 2 atom stereocenters. The average molecular weight is 367 g/mol. The van der Waals surface area contributed by atoms with Crippen molar-refractivity contribution in [3.8, 4) is 0 Å². The Kier molecular flexibility index (Phi) is 4.36. The third kappa shape index (κ3) is 2.84. The van der Waals surface area contributed by atoms with Gasteiger partial charge in [0.25, 0.3) is 11.8 Å². The number of imide groups is 1. The van der Waals surface area contributed by atoms with Gasteiger partial charge >= 0.3 is 0 Å². The van der Waals surface area contributed by atoms with Crippen LogP contribution in [-0.4, -0.2) is 28.0 Å². The van der Waals surface area contributed by atoms with Crippen LogP contribution in [0.5, 0.6) is 0 Å². The van der Waals surface area contributed by atoms with Crippen LogP contribution in [0.1, 0.15) is 53.3 Å². The summed E-state index contributed by atoms with van der Waals surface area (Å²) in [6.45, 7) is 2.20. The second-order valence-electron chi connectivity index (χ2n) is 7.11. The molecule has 2 aromatic carbocycles. The van der Waals surface area contributed by atoms with Gasteiger partial charge in [-0.1, -0.05) is 44.0 Å². The molecule has 0 aromatic heterocycles. The minimum absolute atomic E-state index is 0.273. The summed E-state index contributed by atoms with van der Waals surface area (Å²) in [6, 6.07) is 11.2. The largest absolute Gasteiger partial charge is 0.358 e. The molecule has 2 aromatic rings. The summed E-state index contributed by atoms with van der Waals surface area (Å²) >= 11 is 5.39. The number of rotatable bonds is 2. The summed E-state index contributed by atoms with van der Waals surface area (Å²) in [6.07, 6.45) is 4.62. The van der Waals surface area contributed by atoms with Gasteiger partial charge < -0.3 is 5.32 Å². The second kappa shape index (κ2) is 6.68. The number of amides is 2. The number of benzene rings is 2. The summed E-state index contributed by atoms with van der Waals surface area (Å²) in [4.78, 5) is 25.7. The van der Waals surface area contributed by atoms with Crippen LogP contribution in [0.3, 0.4) is 0 Å². The highest BCUT2D eigenvalue weighted by Crippen LogP contribution is 2.29. The fraction of sp³-hybridized carbons (Fsp3) is 0.350. The Bertz CT molecular complexity index is 860. The van der Waals surface area contributed by atoms with E-state index in [0.717, 1.165) is 23.2 Å². The normalized spacial score (nSPS) is 22.4. The molecule has 0 saturated heterocycles. The molecule has 0 spiro atoms. The van der Waals surface area contributed by atoms with Gasteiger partial charge in [-0.3, -0.25) is 15.0 Å². The van der Waals surface area contributed by atoms with E-state index in [0.29, 0.717) is 27.5 Å². The molecule has 2 aliphatic rings. The van der Waals surface area contributed by atoms with Gasteiger partial charge in [0, 0.05) is 11.4 Å². The van der Waals surface area contributed by atoms with E-state index in [2.05, 4.69) is 17.7 Å². The van der Waals surface area contributed by atoms with E-state index in [1.54, 1.807) is 12.1 Å². The Morgan fingerprint density at radius 1 is 1.04 bits per heavy atom. The van der Waals surface area contributed by atoms with Crippen molar-refractivity contribution < 1.29 is 9.59 Å². The number of nitrogens with zero attached hydrogens (tertiary/aromatic N) is 1. The number of hydrogen-bond acceptors (Lipinski definition) is 3. The van der Waals surface area contributed by atoms with Crippen LogP contribution < -0.4 is 10.7 Å². The van der Waals surface area contributed by atoms with Crippen LogP contribution in [0, 0.1) is 5.92 Å². The van der Waals surface area contributed by atoms with Gasteiger partial charge in [0.05, 0.1) is 11.1 Å². The van der Waals surface area contributed by atoms with Crippen molar-refractivity contribution in [2.24, 2.45) is 5.92 Å². The molecular formula is C20H21N3O2S. The lowest BCUT2D eigenvalue weighted by Crippen LogP contribution is -2.56. The summed E-state index contributed by atoms with van der Waals surface area (Å²) in [7, 11) is 0. The molecule has 2 N–H and O–H groups in total. The molecule has 6 heteroatoms. The van der Waals surface area contributed by atoms with Crippen LogP contribution in [0.15, 0.2) is 36.4 Å². The lowest BCUT2D eigenvalue weighted by molar-refractivity contribution is 0.0565. The average Bonchev–Trinajstić information content (AvgIpc) is 2.65. The van der Waals surface area contributed by atoms with E-state index >= 15 is 0 Å². The maximum atomic E-state index is 12.9. The van der Waals surface area contributed by atoms with E-state index in [9.17, 15) is 9.59 Å². The van der Waals surface area contributed by atoms with E-state index < -0.39 is 0 Å². The third-order valence-electron chi connectivity index (χ3n) is 5.41. The third-order valence-corrected chi connectivity index (χ3v) is 5.62. The fourth-order valence-corrected chi connectivity index (χ4v) is 4.21. The number of hydrogen-bond donors (Lipinski definition) is 2. The number of thiocarbonyl (C=S) groups is 1. The summed E-state index contributed by atoms with van der Waals surface area (Å²) in [5.41, 5.74) is 3.85. The van der Waals surface area contributed by atoms with E-state index in [1.807, 2.05) is 24.3 Å². The summed E-state index contributed by atoms with van der Waals surface area (Å²) in [5.74, 6) is -0.231. The molecule has 1 aliphatic heterocycles. The predicted octanol–water partition coefficient (Wildman–Crippen LogP) is 3.39. The Morgan fingerprint density at radius 2 is 1.65 bits per heavy atom. The Balaban J connectivity index is 1.57. The summed E-state index contributed by atoms with van der Waals surface area (Å²) in [5, 5.41) is 6.22. The topological polar surface area (TPSA) is 61.4 Å². The first-order chi connectivity index (χ1) is 12.6. The molecule has 2 amide bonds. The van der Waals surface area contributed by atoms with E-state index in [-0.39, 0.29) is 17.9 Å². The van der Waals surface area contributed by atoms with Gasteiger partial charge in [-0.2, -0.15) is 5.01 Å².